The highest BCUT2D eigenvalue weighted by Gasteiger charge is 2.22. The molecule has 0 aliphatic heterocycles. The number of benzene rings is 3. The number of amides is 1. The normalized spacial score (nSPS) is 10.8. The summed E-state index contributed by atoms with van der Waals surface area (Å²) in [6.45, 7) is 2.37. The summed E-state index contributed by atoms with van der Waals surface area (Å²) in [5.74, 6) is -0.250. The summed E-state index contributed by atoms with van der Waals surface area (Å²) in [4.78, 5) is 30.0. The summed E-state index contributed by atoms with van der Waals surface area (Å²) in [5.41, 5.74) is 3.26. The van der Waals surface area contributed by atoms with Crippen LogP contribution in [0.25, 0.3) is 10.2 Å². The van der Waals surface area contributed by atoms with E-state index >= 15 is 0 Å². The van der Waals surface area contributed by atoms with Gasteiger partial charge in [-0.25, -0.2) is 4.98 Å². The summed E-state index contributed by atoms with van der Waals surface area (Å²) in [6, 6.07) is 21.3. The molecule has 1 heterocycles. The summed E-state index contributed by atoms with van der Waals surface area (Å²) in [5, 5.41) is 11.5. The Kier molecular flexibility index (Phi) is 5.05. The molecule has 144 valence electrons. The number of nitro benzene ring substituents is 1. The molecule has 3 aromatic carbocycles. The van der Waals surface area contributed by atoms with E-state index in [1.807, 2.05) is 55.5 Å². The highest BCUT2D eigenvalue weighted by atomic mass is 32.1. The Bertz CT molecular complexity index is 1190. The van der Waals surface area contributed by atoms with Crippen molar-refractivity contribution in [2.75, 3.05) is 4.90 Å². The van der Waals surface area contributed by atoms with E-state index in [1.54, 1.807) is 4.90 Å². The second-order valence-electron chi connectivity index (χ2n) is 6.65. The first-order valence-corrected chi connectivity index (χ1v) is 9.80. The van der Waals surface area contributed by atoms with Crippen molar-refractivity contribution in [3.8, 4) is 0 Å². The van der Waals surface area contributed by atoms with Crippen LogP contribution in [0.5, 0.6) is 0 Å². The van der Waals surface area contributed by atoms with Crippen LogP contribution in [-0.4, -0.2) is 15.8 Å². The fourth-order valence-corrected chi connectivity index (χ4v) is 4.07. The number of carbonyl (C=O) groups excluding carboxylic acids is 1. The number of hydrogen-bond donors (Lipinski definition) is 0. The molecule has 0 aliphatic rings. The first-order valence-electron chi connectivity index (χ1n) is 8.99. The lowest BCUT2D eigenvalue weighted by Crippen LogP contribution is -2.30. The SMILES string of the molecule is Cc1ccc2nc(N(Cc3ccccc3)C(=O)c3ccc([N+](=O)[O-])cc3)sc2c1. The maximum Gasteiger partial charge on any atom is 0.269 e. The lowest BCUT2D eigenvalue weighted by molar-refractivity contribution is -0.384. The van der Waals surface area contributed by atoms with Gasteiger partial charge in [0.05, 0.1) is 21.7 Å². The third-order valence-electron chi connectivity index (χ3n) is 4.52. The van der Waals surface area contributed by atoms with Gasteiger partial charge in [-0.1, -0.05) is 47.7 Å². The lowest BCUT2D eigenvalue weighted by Gasteiger charge is -2.20. The highest BCUT2D eigenvalue weighted by Crippen LogP contribution is 2.31. The van der Waals surface area contributed by atoms with Gasteiger partial charge in [-0.05, 0) is 42.3 Å². The Balaban J connectivity index is 1.74. The predicted octanol–water partition coefficient (Wildman–Crippen LogP) is 5.36. The molecule has 0 radical (unpaired) electrons. The molecule has 0 spiro atoms. The van der Waals surface area contributed by atoms with E-state index in [-0.39, 0.29) is 11.6 Å². The van der Waals surface area contributed by atoms with Crippen molar-refractivity contribution in [2.45, 2.75) is 13.5 Å². The maximum atomic E-state index is 13.3. The molecule has 0 saturated carbocycles. The number of aryl methyl sites for hydroxylation is 1. The molecule has 6 nitrogen and oxygen atoms in total. The van der Waals surface area contributed by atoms with E-state index in [2.05, 4.69) is 4.98 Å². The molecule has 0 fully saturated rings. The van der Waals surface area contributed by atoms with Gasteiger partial charge in [0.2, 0.25) is 0 Å². The number of anilines is 1. The molecule has 0 bridgehead atoms. The first kappa shape index (κ1) is 18.8. The van der Waals surface area contributed by atoms with Crippen LogP contribution in [0.1, 0.15) is 21.5 Å². The second kappa shape index (κ2) is 7.81. The minimum atomic E-state index is -0.480. The molecule has 0 saturated heterocycles. The number of hydrogen-bond acceptors (Lipinski definition) is 5. The molecular weight excluding hydrogens is 386 g/mol. The number of rotatable bonds is 5. The Morgan fingerprint density at radius 3 is 2.48 bits per heavy atom. The number of non-ortho nitro benzene ring substituents is 1. The minimum Gasteiger partial charge on any atom is -0.279 e. The highest BCUT2D eigenvalue weighted by molar-refractivity contribution is 7.22. The first-order chi connectivity index (χ1) is 14.0. The standard InChI is InChI=1S/C22H17N3O3S/c1-15-7-12-19-20(13-15)29-22(23-19)24(14-16-5-3-2-4-6-16)21(26)17-8-10-18(11-9-17)25(27)28/h2-13H,14H2,1H3. The third kappa shape index (κ3) is 4.00. The van der Waals surface area contributed by atoms with Crippen LogP contribution in [-0.2, 0) is 6.54 Å². The number of nitrogens with zero attached hydrogens (tertiary/aromatic N) is 3. The smallest absolute Gasteiger partial charge is 0.269 e. The van der Waals surface area contributed by atoms with Crippen molar-refractivity contribution in [1.29, 1.82) is 0 Å². The number of thiazole rings is 1. The molecule has 1 amide bonds. The second-order valence-corrected chi connectivity index (χ2v) is 7.66. The van der Waals surface area contributed by atoms with Crippen LogP contribution in [0, 0.1) is 17.0 Å². The topological polar surface area (TPSA) is 76.3 Å². The van der Waals surface area contributed by atoms with E-state index in [4.69, 9.17) is 0 Å². The van der Waals surface area contributed by atoms with Gasteiger partial charge in [0, 0.05) is 17.7 Å². The molecule has 0 N–H and O–H groups in total. The van der Waals surface area contributed by atoms with Crippen LogP contribution in [0.2, 0.25) is 0 Å². The lowest BCUT2D eigenvalue weighted by atomic mass is 10.1. The quantitative estimate of drug-likeness (QED) is 0.332. The number of aromatic nitrogens is 1. The number of carbonyl (C=O) groups is 1. The van der Waals surface area contributed by atoms with Crippen molar-refractivity contribution >= 4 is 38.3 Å². The molecule has 0 atom stereocenters. The fraction of sp³-hybridized carbons (Fsp3) is 0.0909. The molecule has 4 rings (SSSR count). The average Bonchev–Trinajstić information content (AvgIpc) is 3.15. The van der Waals surface area contributed by atoms with Crippen molar-refractivity contribution in [3.63, 3.8) is 0 Å². The van der Waals surface area contributed by atoms with Crippen molar-refractivity contribution in [3.05, 3.63) is 99.6 Å². The van der Waals surface area contributed by atoms with E-state index in [1.165, 1.54) is 35.6 Å². The minimum absolute atomic E-state index is 0.0494. The van der Waals surface area contributed by atoms with Gasteiger partial charge in [-0.2, -0.15) is 0 Å². The number of fused-ring (bicyclic) bond motifs is 1. The monoisotopic (exact) mass is 403 g/mol. The molecular formula is C22H17N3O3S. The van der Waals surface area contributed by atoms with Crippen LogP contribution in [0.4, 0.5) is 10.8 Å². The molecule has 0 unspecified atom stereocenters. The van der Waals surface area contributed by atoms with Crippen LogP contribution < -0.4 is 4.90 Å². The fourth-order valence-electron chi connectivity index (χ4n) is 3.01. The summed E-state index contributed by atoms with van der Waals surface area (Å²) < 4.78 is 1.01. The summed E-state index contributed by atoms with van der Waals surface area (Å²) in [6.07, 6.45) is 0. The van der Waals surface area contributed by atoms with Crippen LogP contribution >= 0.6 is 11.3 Å². The van der Waals surface area contributed by atoms with Gasteiger partial charge < -0.3 is 0 Å². The van der Waals surface area contributed by atoms with Crippen molar-refractivity contribution in [2.24, 2.45) is 0 Å². The largest absolute Gasteiger partial charge is 0.279 e. The zero-order valence-electron chi connectivity index (χ0n) is 15.6. The van der Waals surface area contributed by atoms with E-state index < -0.39 is 4.92 Å². The summed E-state index contributed by atoms with van der Waals surface area (Å²) in [7, 11) is 0. The molecule has 4 aromatic rings. The number of nitro groups is 1. The van der Waals surface area contributed by atoms with Gasteiger partial charge in [-0.15, -0.1) is 0 Å². The van der Waals surface area contributed by atoms with Gasteiger partial charge in [0.25, 0.3) is 11.6 Å². The van der Waals surface area contributed by atoms with Gasteiger partial charge >= 0.3 is 0 Å². The Morgan fingerprint density at radius 2 is 1.79 bits per heavy atom. The van der Waals surface area contributed by atoms with E-state index in [0.717, 1.165) is 21.3 Å². The van der Waals surface area contributed by atoms with Crippen molar-refractivity contribution < 1.29 is 9.72 Å². The Morgan fingerprint density at radius 1 is 1.07 bits per heavy atom. The van der Waals surface area contributed by atoms with Gasteiger partial charge in [0.15, 0.2) is 5.13 Å². The van der Waals surface area contributed by atoms with Crippen LogP contribution in [0.3, 0.4) is 0 Å². The molecule has 7 heteroatoms. The van der Waals surface area contributed by atoms with Gasteiger partial charge in [0.1, 0.15) is 0 Å². The average molecular weight is 403 g/mol. The van der Waals surface area contributed by atoms with Crippen molar-refractivity contribution in [1.82, 2.24) is 4.98 Å². The zero-order chi connectivity index (χ0) is 20.4. The van der Waals surface area contributed by atoms with Crippen LogP contribution in [0.15, 0.2) is 72.8 Å². The molecule has 29 heavy (non-hydrogen) atoms. The van der Waals surface area contributed by atoms with E-state index in [9.17, 15) is 14.9 Å². The summed E-state index contributed by atoms with van der Waals surface area (Å²) >= 11 is 1.46. The molecule has 1 aromatic heterocycles. The Hall–Kier alpha value is -3.58. The van der Waals surface area contributed by atoms with E-state index in [0.29, 0.717) is 17.2 Å². The molecule has 0 aliphatic carbocycles. The zero-order valence-corrected chi connectivity index (χ0v) is 16.4. The predicted molar refractivity (Wildman–Crippen MR) is 114 cm³/mol. The van der Waals surface area contributed by atoms with Gasteiger partial charge in [-0.3, -0.25) is 19.8 Å². The third-order valence-corrected chi connectivity index (χ3v) is 5.56. The maximum absolute atomic E-state index is 13.3. The Labute approximate surface area is 171 Å².